The van der Waals surface area contributed by atoms with Gasteiger partial charge in [0.25, 0.3) is 0 Å². The molecule has 1 aromatic carbocycles. The molecule has 0 radical (unpaired) electrons. The van der Waals surface area contributed by atoms with Crippen molar-refractivity contribution in [1.82, 2.24) is 0 Å². The fourth-order valence-electron chi connectivity index (χ4n) is 0.998. The topological polar surface area (TPSA) is 29.5 Å². The minimum atomic E-state index is 0.308. The number of methoxy groups -OCH3 is 1. The number of hydrogen-bond donors (Lipinski definition) is 1. The smallest absolute Gasteiger partial charge is 0.115 e. The van der Waals surface area contributed by atoms with E-state index in [1.807, 2.05) is 13.0 Å². The molecule has 11 heavy (non-hydrogen) atoms. The lowest BCUT2D eigenvalue weighted by molar-refractivity contribution is 0.184. The first-order valence-corrected chi connectivity index (χ1v) is 3.51. The summed E-state index contributed by atoms with van der Waals surface area (Å²) in [6, 6.07) is 5.27. The highest BCUT2D eigenvalue weighted by Gasteiger charge is 1.97. The maximum Gasteiger partial charge on any atom is 0.115 e. The second-order valence-electron chi connectivity index (χ2n) is 2.54. The van der Waals surface area contributed by atoms with Gasteiger partial charge in [-0.25, -0.2) is 0 Å². The van der Waals surface area contributed by atoms with Crippen LogP contribution in [-0.2, 0) is 11.3 Å². The molecule has 2 nitrogen and oxygen atoms in total. The predicted molar refractivity (Wildman–Crippen MR) is 43.6 cm³/mol. The first-order valence-electron chi connectivity index (χ1n) is 3.51. The van der Waals surface area contributed by atoms with E-state index < -0.39 is 0 Å². The summed E-state index contributed by atoms with van der Waals surface area (Å²) in [7, 11) is 1.66. The van der Waals surface area contributed by atoms with Crippen LogP contribution in [0.25, 0.3) is 0 Å². The summed E-state index contributed by atoms with van der Waals surface area (Å²) in [6.45, 7) is 2.56. The average molecular weight is 152 g/mol. The average Bonchev–Trinajstić information content (AvgIpc) is 1.95. The molecule has 0 unspecified atom stereocenters. The molecule has 0 heterocycles. The van der Waals surface area contributed by atoms with E-state index >= 15 is 0 Å². The molecule has 0 aliphatic rings. The van der Waals surface area contributed by atoms with Crippen molar-refractivity contribution in [3.05, 3.63) is 29.3 Å². The van der Waals surface area contributed by atoms with Gasteiger partial charge in [-0.2, -0.15) is 0 Å². The van der Waals surface area contributed by atoms with Crippen molar-refractivity contribution in [2.24, 2.45) is 0 Å². The molecule has 0 atom stereocenters. The summed E-state index contributed by atoms with van der Waals surface area (Å²) in [5, 5.41) is 9.06. The molecule has 0 amide bonds. The van der Waals surface area contributed by atoms with Crippen LogP contribution in [0.15, 0.2) is 18.2 Å². The zero-order valence-corrected chi connectivity index (χ0v) is 6.79. The molecule has 0 fully saturated rings. The van der Waals surface area contributed by atoms with Crippen molar-refractivity contribution in [2.75, 3.05) is 7.11 Å². The van der Waals surface area contributed by atoms with E-state index in [-0.39, 0.29) is 0 Å². The molecule has 1 N–H and O–H groups in total. The summed E-state index contributed by atoms with van der Waals surface area (Å²) in [4.78, 5) is 0. The van der Waals surface area contributed by atoms with Gasteiger partial charge in [0.2, 0.25) is 0 Å². The highest BCUT2D eigenvalue weighted by atomic mass is 16.5. The number of ether oxygens (including phenoxy) is 1. The van der Waals surface area contributed by atoms with Gasteiger partial charge in [-0.3, -0.25) is 0 Å². The number of rotatable bonds is 2. The molecule has 0 saturated carbocycles. The first kappa shape index (κ1) is 8.08. The molecule has 0 aliphatic heterocycles. The number of aryl methyl sites for hydroxylation is 1. The van der Waals surface area contributed by atoms with E-state index in [0.29, 0.717) is 12.4 Å². The van der Waals surface area contributed by atoms with Crippen LogP contribution >= 0.6 is 0 Å². The monoisotopic (exact) mass is 152 g/mol. The number of hydrogen-bond acceptors (Lipinski definition) is 2. The fraction of sp³-hybridized carbons (Fsp3) is 0.333. The Morgan fingerprint density at radius 3 is 2.73 bits per heavy atom. The standard InChI is InChI=1S/C9H12O2/c1-7-5-9(10)4-3-8(7)6-11-2/h3-5,10H,6H2,1-2H3. The van der Waals surface area contributed by atoms with Gasteiger partial charge in [-0.15, -0.1) is 0 Å². The Bertz CT molecular complexity index is 243. The molecule has 0 aromatic heterocycles. The summed E-state index contributed by atoms with van der Waals surface area (Å²) in [6.07, 6.45) is 0. The zero-order valence-electron chi connectivity index (χ0n) is 6.79. The molecule has 60 valence electrons. The molecular formula is C9H12O2. The van der Waals surface area contributed by atoms with Crippen LogP contribution in [0, 0.1) is 6.92 Å². The number of benzene rings is 1. The lowest BCUT2D eigenvalue weighted by atomic mass is 10.1. The lowest BCUT2D eigenvalue weighted by Gasteiger charge is -2.03. The Morgan fingerprint density at radius 1 is 1.45 bits per heavy atom. The maximum atomic E-state index is 9.06. The molecule has 1 aromatic rings. The van der Waals surface area contributed by atoms with Crippen LogP contribution in [0.2, 0.25) is 0 Å². The van der Waals surface area contributed by atoms with Crippen molar-refractivity contribution < 1.29 is 9.84 Å². The largest absolute Gasteiger partial charge is 0.508 e. The molecule has 0 spiro atoms. The normalized spacial score (nSPS) is 10.0. The highest BCUT2D eigenvalue weighted by molar-refractivity contribution is 5.33. The first-order chi connectivity index (χ1) is 5.24. The van der Waals surface area contributed by atoms with Crippen molar-refractivity contribution in [3.63, 3.8) is 0 Å². The second kappa shape index (κ2) is 3.39. The predicted octanol–water partition coefficient (Wildman–Crippen LogP) is 1.85. The Morgan fingerprint density at radius 2 is 2.18 bits per heavy atom. The Balaban J connectivity index is 2.90. The van der Waals surface area contributed by atoms with E-state index in [2.05, 4.69) is 0 Å². The van der Waals surface area contributed by atoms with Gasteiger partial charge in [0, 0.05) is 7.11 Å². The maximum absolute atomic E-state index is 9.06. The van der Waals surface area contributed by atoms with E-state index in [1.165, 1.54) is 0 Å². The lowest BCUT2D eigenvalue weighted by Crippen LogP contribution is -1.90. The Hall–Kier alpha value is -1.02. The van der Waals surface area contributed by atoms with Gasteiger partial charge in [0.15, 0.2) is 0 Å². The minimum absolute atomic E-state index is 0.308. The van der Waals surface area contributed by atoms with Crippen molar-refractivity contribution in [3.8, 4) is 5.75 Å². The van der Waals surface area contributed by atoms with E-state index in [4.69, 9.17) is 9.84 Å². The summed E-state index contributed by atoms with van der Waals surface area (Å²) < 4.78 is 4.97. The van der Waals surface area contributed by atoms with E-state index in [1.54, 1.807) is 19.2 Å². The van der Waals surface area contributed by atoms with Gasteiger partial charge in [-0.1, -0.05) is 6.07 Å². The molecule has 2 heteroatoms. The van der Waals surface area contributed by atoms with Crippen LogP contribution in [0.5, 0.6) is 5.75 Å². The SMILES string of the molecule is COCc1ccc(O)cc1C. The van der Waals surface area contributed by atoms with Gasteiger partial charge in [0.05, 0.1) is 6.61 Å². The summed E-state index contributed by atoms with van der Waals surface area (Å²) in [5.74, 6) is 0.308. The third-order valence-corrected chi connectivity index (χ3v) is 1.63. The van der Waals surface area contributed by atoms with Gasteiger partial charge < -0.3 is 9.84 Å². The van der Waals surface area contributed by atoms with Crippen LogP contribution in [0.4, 0.5) is 0 Å². The van der Waals surface area contributed by atoms with E-state index in [0.717, 1.165) is 11.1 Å². The second-order valence-corrected chi connectivity index (χ2v) is 2.54. The van der Waals surface area contributed by atoms with Crippen LogP contribution in [-0.4, -0.2) is 12.2 Å². The number of phenols is 1. The molecule has 0 aliphatic carbocycles. The van der Waals surface area contributed by atoms with Gasteiger partial charge >= 0.3 is 0 Å². The van der Waals surface area contributed by atoms with Crippen LogP contribution in [0.1, 0.15) is 11.1 Å². The molecule has 0 bridgehead atoms. The quantitative estimate of drug-likeness (QED) is 0.700. The number of aromatic hydroxyl groups is 1. The highest BCUT2D eigenvalue weighted by Crippen LogP contribution is 2.15. The van der Waals surface area contributed by atoms with Crippen molar-refractivity contribution in [1.29, 1.82) is 0 Å². The van der Waals surface area contributed by atoms with E-state index in [9.17, 15) is 0 Å². The van der Waals surface area contributed by atoms with Crippen molar-refractivity contribution >= 4 is 0 Å². The Labute approximate surface area is 66.4 Å². The minimum Gasteiger partial charge on any atom is -0.508 e. The van der Waals surface area contributed by atoms with Gasteiger partial charge in [-0.05, 0) is 30.2 Å². The molecular weight excluding hydrogens is 140 g/mol. The summed E-state index contributed by atoms with van der Waals surface area (Å²) in [5.41, 5.74) is 2.18. The summed E-state index contributed by atoms with van der Waals surface area (Å²) >= 11 is 0. The molecule has 1 rings (SSSR count). The van der Waals surface area contributed by atoms with Crippen LogP contribution in [0.3, 0.4) is 0 Å². The fourth-order valence-corrected chi connectivity index (χ4v) is 0.998. The molecule has 0 saturated heterocycles. The third kappa shape index (κ3) is 1.95. The van der Waals surface area contributed by atoms with Crippen molar-refractivity contribution in [2.45, 2.75) is 13.5 Å². The van der Waals surface area contributed by atoms with Crippen LogP contribution < -0.4 is 0 Å². The third-order valence-electron chi connectivity index (χ3n) is 1.63. The number of phenolic OH excluding ortho intramolecular Hbond substituents is 1. The zero-order chi connectivity index (χ0) is 8.27. The van der Waals surface area contributed by atoms with Gasteiger partial charge in [0.1, 0.15) is 5.75 Å². The Kier molecular flexibility index (Phi) is 2.49.